The Morgan fingerprint density at radius 2 is 1.86 bits per heavy atom. The number of aromatic nitrogens is 3. The second-order valence-corrected chi connectivity index (χ2v) is 10.7. The molecule has 0 aliphatic heterocycles. The van der Waals surface area contributed by atoms with Crippen LogP contribution >= 0.6 is 0 Å². The van der Waals surface area contributed by atoms with Crippen LogP contribution in [0.2, 0.25) is 0 Å². The average Bonchev–Trinajstić information content (AvgIpc) is 3.24. The number of aliphatic hydroxyl groups excluding tert-OH is 1. The fraction of sp³-hybridized carbons (Fsp3) is 0.375. The first-order valence-corrected chi connectivity index (χ1v) is 12.9. The number of amides is 1. The van der Waals surface area contributed by atoms with Crippen molar-refractivity contribution in [3.8, 4) is 23.0 Å². The van der Waals surface area contributed by atoms with Crippen LogP contribution in [0.5, 0.6) is 5.88 Å². The lowest BCUT2D eigenvalue weighted by molar-refractivity contribution is 0.0232. The minimum atomic E-state index is -3.90. The number of imidazole rings is 1. The number of benzene rings is 1. The number of sulfonamides is 1. The van der Waals surface area contributed by atoms with Crippen molar-refractivity contribution in [2.75, 3.05) is 37.3 Å². The first-order valence-electron chi connectivity index (χ1n) is 11.3. The van der Waals surface area contributed by atoms with Crippen molar-refractivity contribution in [3.63, 3.8) is 0 Å². The van der Waals surface area contributed by atoms with Crippen molar-refractivity contribution in [2.45, 2.75) is 26.4 Å². The van der Waals surface area contributed by atoms with Crippen LogP contribution in [0.3, 0.4) is 0 Å². The zero-order valence-electron chi connectivity index (χ0n) is 20.7. The number of hydrogen-bond acceptors (Lipinski definition) is 8. The van der Waals surface area contributed by atoms with E-state index in [1.165, 1.54) is 7.11 Å². The molecule has 2 heterocycles. The molecule has 12 heteroatoms. The highest BCUT2D eigenvalue weighted by molar-refractivity contribution is 7.92. The molecule has 0 saturated heterocycles. The highest BCUT2D eigenvalue weighted by atomic mass is 32.2. The van der Waals surface area contributed by atoms with Crippen molar-refractivity contribution in [2.24, 2.45) is 0 Å². The minimum absolute atomic E-state index is 0.0539. The Balaban J connectivity index is 1.82. The van der Waals surface area contributed by atoms with Gasteiger partial charge in [0.25, 0.3) is 0 Å². The van der Waals surface area contributed by atoms with Crippen molar-refractivity contribution in [1.82, 2.24) is 19.4 Å². The number of nitrogens with zero attached hydrogens (tertiary/aromatic N) is 4. The van der Waals surface area contributed by atoms with Gasteiger partial charge in [0.15, 0.2) is 5.82 Å². The molecule has 0 fully saturated rings. The van der Waals surface area contributed by atoms with Crippen LogP contribution < -0.4 is 9.46 Å². The van der Waals surface area contributed by atoms with Crippen molar-refractivity contribution in [3.05, 3.63) is 54.9 Å². The van der Waals surface area contributed by atoms with Gasteiger partial charge in [0.05, 0.1) is 25.7 Å². The molecule has 0 saturated carbocycles. The van der Waals surface area contributed by atoms with Crippen molar-refractivity contribution >= 4 is 21.9 Å². The summed E-state index contributed by atoms with van der Waals surface area (Å²) in [6, 6.07) is 12.8. The molecule has 2 N–H and O–H groups in total. The molecular formula is C24H31N5O6S. The average molecular weight is 518 g/mol. The Morgan fingerprint density at radius 1 is 1.14 bits per heavy atom. The fourth-order valence-electron chi connectivity index (χ4n) is 3.23. The number of anilines is 1. The lowest BCUT2D eigenvalue weighted by Crippen LogP contribution is -2.41. The summed E-state index contributed by atoms with van der Waals surface area (Å²) in [7, 11) is -2.38. The second-order valence-electron chi connectivity index (χ2n) is 8.86. The number of aliphatic hydroxyl groups is 1. The largest absolute Gasteiger partial charge is 0.481 e. The van der Waals surface area contributed by atoms with E-state index in [0.717, 1.165) is 10.6 Å². The lowest BCUT2D eigenvalue weighted by atomic mass is 10.2. The summed E-state index contributed by atoms with van der Waals surface area (Å²) in [6.07, 6.45) is 2.47. The Bertz CT molecular complexity index is 1250. The Hall–Kier alpha value is -3.64. The molecule has 3 aromatic rings. The molecule has 194 valence electrons. The summed E-state index contributed by atoms with van der Waals surface area (Å²) in [6.45, 7) is 4.58. The third-order valence-corrected chi connectivity index (χ3v) is 6.10. The molecule has 0 radical (unpaired) electrons. The van der Waals surface area contributed by atoms with E-state index in [2.05, 4.69) is 14.7 Å². The van der Waals surface area contributed by atoms with E-state index in [0.29, 0.717) is 17.3 Å². The molecule has 0 unspecified atom stereocenters. The molecular weight excluding hydrogens is 486 g/mol. The van der Waals surface area contributed by atoms with Gasteiger partial charge >= 0.3 is 6.09 Å². The smallest absolute Gasteiger partial charge is 0.410 e. The van der Waals surface area contributed by atoms with Gasteiger partial charge < -0.3 is 19.5 Å². The van der Waals surface area contributed by atoms with Crippen molar-refractivity contribution in [1.29, 1.82) is 0 Å². The van der Waals surface area contributed by atoms with E-state index >= 15 is 0 Å². The summed E-state index contributed by atoms with van der Waals surface area (Å²) in [5.41, 5.74) is 0.684. The molecule has 1 amide bonds. The third-order valence-electron chi connectivity index (χ3n) is 4.86. The van der Waals surface area contributed by atoms with Crippen LogP contribution in [0.1, 0.15) is 20.8 Å². The van der Waals surface area contributed by atoms with Gasteiger partial charge in [-0.2, -0.15) is 0 Å². The van der Waals surface area contributed by atoms with Gasteiger partial charge in [0.2, 0.25) is 15.9 Å². The summed E-state index contributed by atoms with van der Waals surface area (Å²) in [5.74, 6) is 0.611. The van der Waals surface area contributed by atoms with E-state index in [1.807, 2.05) is 30.3 Å². The number of hydrogen-bond donors (Lipinski definition) is 2. The van der Waals surface area contributed by atoms with Crippen LogP contribution in [-0.4, -0.2) is 77.2 Å². The van der Waals surface area contributed by atoms with Gasteiger partial charge in [-0.15, -0.1) is 0 Å². The molecule has 36 heavy (non-hydrogen) atoms. The van der Waals surface area contributed by atoms with E-state index in [1.54, 1.807) is 49.9 Å². The SMILES string of the molecule is COc1ccc(-c2nc(NS(=O)(=O)CCN(CCO)C(=O)OC(C)(C)C)cn2-c2ccccc2)cn1. The first-order chi connectivity index (χ1) is 17.0. The number of pyridine rings is 1. The Labute approximate surface area is 210 Å². The topological polar surface area (TPSA) is 136 Å². The van der Waals surface area contributed by atoms with E-state index in [-0.39, 0.29) is 25.5 Å². The molecule has 11 nitrogen and oxygen atoms in total. The lowest BCUT2D eigenvalue weighted by Gasteiger charge is -2.26. The van der Waals surface area contributed by atoms with E-state index in [4.69, 9.17) is 9.47 Å². The molecule has 0 aliphatic rings. The summed E-state index contributed by atoms with van der Waals surface area (Å²) in [4.78, 5) is 22.2. The number of carbonyl (C=O) groups is 1. The van der Waals surface area contributed by atoms with Crippen LogP contribution in [-0.2, 0) is 14.8 Å². The van der Waals surface area contributed by atoms with Crippen LogP contribution in [0, 0.1) is 0 Å². The van der Waals surface area contributed by atoms with Gasteiger partial charge in [0.1, 0.15) is 11.4 Å². The van der Waals surface area contributed by atoms with Gasteiger partial charge in [-0.1, -0.05) is 18.2 Å². The second kappa shape index (κ2) is 11.4. The van der Waals surface area contributed by atoms with E-state index in [9.17, 15) is 18.3 Å². The number of para-hydroxylation sites is 1. The van der Waals surface area contributed by atoms with Crippen LogP contribution in [0.15, 0.2) is 54.9 Å². The number of methoxy groups -OCH3 is 1. The number of nitrogens with one attached hydrogen (secondary N) is 1. The number of rotatable bonds is 10. The minimum Gasteiger partial charge on any atom is -0.481 e. The molecule has 0 aliphatic carbocycles. The summed E-state index contributed by atoms with van der Waals surface area (Å²) < 4.78 is 40.4. The quantitative estimate of drug-likeness (QED) is 0.419. The normalized spacial score (nSPS) is 11.7. The predicted octanol–water partition coefficient (Wildman–Crippen LogP) is 2.91. The van der Waals surface area contributed by atoms with Crippen molar-refractivity contribution < 1.29 is 27.8 Å². The van der Waals surface area contributed by atoms with Gasteiger partial charge in [-0.25, -0.2) is 23.2 Å². The van der Waals surface area contributed by atoms with Gasteiger partial charge in [-0.3, -0.25) is 9.29 Å². The highest BCUT2D eigenvalue weighted by Gasteiger charge is 2.24. The molecule has 1 aromatic carbocycles. The zero-order chi connectivity index (χ0) is 26.3. The van der Waals surface area contributed by atoms with E-state index < -0.39 is 27.5 Å². The molecule has 2 aromatic heterocycles. The zero-order valence-corrected chi connectivity index (χ0v) is 21.5. The fourth-order valence-corrected chi connectivity index (χ4v) is 4.21. The summed E-state index contributed by atoms with van der Waals surface area (Å²) in [5, 5.41) is 9.29. The maximum absolute atomic E-state index is 12.9. The number of carbonyl (C=O) groups excluding carboxylic acids is 1. The molecule has 0 spiro atoms. The third kappa shape index (κ3) is 7.43. The van der Waals surface area contributed by atoms with Gasteiger partial charge in [-0.05, 0) is 39.0 Å². The van der Waals surface area contributed by atoms with Crippen LogP contribution in [0.25, 0.3) is 17.1 Å². The molecule has 3 rings (SSSR count). The van der Waals surface area contributed by atoms with Gasteiger partial charge in [0, 0.05) is 36.6 Å². The maximum atomic E-state index is 12.9. The van der Waals surface area contributed by atoms with Crippen LogP contribution in [0.4, 0.5) is 10.6 Å². The Morgan fingerprint density at radius 3 is 2.44 bits per heavy atom. The predicted molar refractivity (Wildman–Crippen MR) is 136 cm³/mol. The summed E-state index contributed by atoms with van der Waals surface area (Å²) >= 11 is 0. The first kappa shape index (κ1) is 27.0. The molecule has 0 atom stereocenters. The molecule has 0 bridgehead atoms. The Kier molecular flexibility index (Phi) is 8.53. The highest BCUT2D eigenvalue weighted by Crippen LogP contribution is 2.26. The monoisotopic (exact) mass is 517 g/mol. The number of ether oxygens (including phenoxy) is 2. The maximum Gasteiger partial charge on any atom is 0.410 e. The standard InChI is InChI=1S/C24H31N5O6S/c1-24(2,3)35-23(31)28(12-14-30)13-15-36(32,33)27-20-17-29(19-8-6-5-7-9-19)22(26-20)18-10-11-21(34-4)25-16-18/h5-11,16-17,27,30H,12-15H2,1-4H3.